The molecule has 0 bridgehead atoms. The van der Waals surface area contributed by atoms with Gasteiger partial charge in [-0.15, -0.1) is 0 Å². The number of nitrogens with zero attached hydrogens (tertiary/aromatic N) is 1. The Labute approximate surface area is 155 Å². The second-order valence-corrected chi connectivity index (χ2v) is 6.44. The van der Waals surface area contributed by atoms with Crippen molar-refractivity contribution in [1.82, 2.24) is 15.5 Å². The number of hydrogen-bond acceptors (Lipinski definition) is 5. The molecule has 0 aromatic heterocycles. The van der Waals surface area contributed by atoms with Gasteiger partial charge >= 0.3 is 0 Å². The molecule has 1 aliphatic rings. The lowest BCUT2D eigenvalue weighted by molar-refractivity contribution is 0.0358. The first-order valence-electron chi connectivity index (χ1n) is 8.85. The van der Waals surface area contributed by atoms with Crippen LogP contribution in [-0.4, -0.2) is 68.2 Å². The fourth-order valence-electron chi connectivity index (χ4n) is 2.67. The number of benzene rings is 1. The van der Waals surface area contributed by atoms with E-state index in [2.05, 4.69) is 15.5 Å². The average Bonchev–Trinajstić information content (AvgIpc) is 2.66. The van der Waals surface area contributed by atoms with Crippen LogP contribution >= 0.6 is 12.2 Å². The molecule has 0 radical (unpaired) electrons. The van der Waals surface area contributed by atoms with E-state index in [-0.39, 0.29) is 0 Å². The van der Waals surface area contributed by atoms with E-state index in [1.165, 1.54) is 0 Å². The molecular formula is C18H29N3O3S. The molecule has 1 fully saturated rings. The highest BCUT2D eigenvalue weighted by molar-refractivity contribution is 7.80. The molecule has 6 nitrogen and oxygen atoms in total. The van der Waals surface area contributed by atoms with Crippen molar-refractivity contribution in [1.29, 1.82) is 0 Å². The van der Waals surface area contributed by atoms with Crippen LogP contribution in [0.25, 0.3) is 0 Å². The Morgan fingerprint density at radius 2 is 2.04 bits per heavy atom. The molecule has 1 unspecified atom stereocenters. The van der Waals surface area contributed by atoms with Crippen LogP contribution in [0.3, 0.4) is 0 Å². The zero-order valence-electron chi connectivity index (χ0n) is 14.9. The SMILES string of the molecule is CNC(=S)NCCC(O)c1ccc(OCCCN2CCOCC2)cc1. The lowest BCUT2D eigenvalue weighted by Gasteiger charge is -2.26. The third kappa shape index (κ3) is 7.56. The number of aliphatic hydroxyl groups excluding tert-OH is 1. The summed E-state index contributed by atoms with van der Waals surface area (Å²) in [6.07, 6.45) is 1.09. The summed E-state index contributed by atoms with van der Waals surface area (Å²) in [5.74, 6) is 0.840. The van der Waals surface area contributed by atoms with Crippen LogP contribution in [0.4, 0.5) is 0 Å². The van der Waals surface area contributed by atoms with E-state index in [9.17, 15) is 5.11 Å². The van der Waals surface area contributed by atoms with E-state index >= 15 is 0 Å². The molecule has 0 aliphatic carbocycles. The molecular weight excluding hydrogens is 338 g/mol. The summed E-state index contributed by atoms with van der Waals surface area (Å²) in [4.78, 5) is 2.40. The molecule has 0 amide bonds. The van der Waals surface area contributed by atoms with Crippen molar-refractivity contribution in [3.8, 4) is 5.75 Å². The van der Waals surface area contributed by atoms with E-state index in [0.29, 0.717) is 24.7 Å². The normalized spacial score (nSPS) is 16.2. The molecule has 1 heterocycles. The van der Waals surface area contributed by atoms with Crippen molar-refractivity contribution in [2.75, 3.05) is 53.0 Å². The Balaban J connectivity index is 1.63. The van der Waals surface area contributed by atoms with E-state index in [4.69, 9.17) is 21.7 Å². The molecule has 1 aliphatic heterocycles. The van der Waals surface area contributed by atoms with E-state index in [0.717, 1.165) is 50.6 Å². The molecule has 3 N–H and O–H groups in total. The molecule has 1 aromatic carbocycles. The van der Waals surface area contributed by atoms with Crippen LogP contribution in [0.2, 0.25) is 0 Å². The summed E-state index contributed by atoms with van der Waals surface area (Å²) in [5.41, 5.74) is 0.887. The lowest BCUT2D eigenvalue weighted by Crippen LogP contribution is -2.37. The van der Waals surface area contributed by atoms with Crippen molar-refractivity contribution in [2.45, 2.75) is 18.9 Å². The van der Waals surface area contributed by atoms with Gasteiger partial charge in [-0.2, -0.15) is 0 Å². The fourth-order valence-corrected chi connectivity index (χ4v) is 2.77. The van der Waals surface area contributed by atoms with Crippen LogP contribution in [0.15, 0.2) is 24.3 Å². The maximum atomic E-state index is 10.2. The van der Waals surface area contributed by atoms with Gasteiger partial charge in [0.2, 0.25) is 0 Å². The Morgan fingerprint density at radius 1 is 1.32 bits per heavy atom. The van der Waals surface area contributed by atoms with Crippen molar-refractivity contribution < 1.29 is 14.6 Å². The third-order valence-corrected chi connectivity index (χ3v) is 4.53. The van der Waals surface area contributed by atoms with Crippen LogP contribution in [0.5, 0.6) is 5.75 Å². The number of rotatable bonds is 9. The Kier molecular flexibility index (Phi) is 8.96. The molecule has 7 heteroatoms. The van der Waals surface area contributed by atoms with Crippen molar-refractivity contribution in [3.63, 3.8) is 0 Å². The first-order valence-corrected chi connectivity index (χ1v) is 9.26. The summed E-state index contributed by atoms with van der Waals surface area (Å²) < 4.78 is 11.1. The Bertz CT molecular complexity index is 507. The molecule has 0 spiro atoms. The second kappa shape index (κ2) is 11.3. The molecule has 1 saturated heterocycles. The van der Waals surface area contributed by atoms with Gasteiger partial charge in [-0.05, 0) is 42.8 Å². The first kappa shape index (κ1) is 19.9. The predicted octanol–water partition coefficient (Wildman–Crippen LogP) is 1.31. The summed E-state index contributed by atoms with van der Waals surface area (Å²) in [5, 5.41) is 16.7. The maximum Gasteiger partial charge on any atom is 0.166 e. The average molecular weight is 368 g/mol. The van der Waals surface area contributed by atoms with E-state index in [1.807, 2.05) is 24.3 Å². The van der Waals surface area contributed by atoms with E-state index in [1.54, 1.807) is 7.05 Å². The number of ether oxygens (including phenoxy) is 2. The summed E-state index contributed by atoms with van der Waals surface area (Å²) in [6, 6.07) is 7.66. The van der Waals surface area contributed by atoms with Crippen LogP contribution < -0.4 is 15.4 Å². The van der Waals surface area contributed by atoms with Gasteiger partial charge < -0.3 is 25.2 Å². The fraction of sp³-hybridized carbons (Fsp3) is 0.611. The molecule has 1 atom stereocenters. The summed E-state index contributed by atoms with van der Waals surface area (Å²) in [7, 11) is 1.77. The van der Waals surface area contributed by atoms with Gasteiger partial charge in [0.05, 0.1) is 25.9 Å². The van der Waals surface area contributed by atoms with Crippen LogP contribution in [0, 0.1) is 0 Å². The highest BCUT2D eigenvalue weighted by Crippen LogP contribution is 2.20. The largest absolute Gasteiger partial charge is 0.494 e. The standard InChI is InChI=1S/C18H29N3O3S/c1-19-18(25)20-8-7-17(22)15-3-5-16(6-4-15)24-12-2-9-21-10-13-23-14-11-21/h3-6,17,22H,2,7-14H2,1H3,(H2,19,20,25). The second-order valence-electron chi connectivity index (χ2n) is 6.04. The van der Waals surface area contributed by atoms with E-state index < -0.39 is 6.10 Å². The smallest absolute Gasteiger partial charge is 0.166 e. The molecule has 1 aromatic rings. The number of morpholine rings is 1. The van der Waals surface area contributed by atoms with Gasteiger partial charge in [-0.3, -0.25) is 4.90 Å². The predicted molar refractivity (Wildman–Crippen MR) is 103 cm³/mol. The summed E-state index contributed by atoms with van der Waals surface area (Å²) in [6.45, 7) is 6.07. The minimum absolute atomic E-state index is 0.512. The quantitative estimate of drug-likeness (QED) is 0.449. The zero-order valence-corrected chi connectivity index (χ0v) is 15.7. The van der Waals surface area contributed by atoms with Crippen LogP contribution in [-0.2, 0) is 4.74 Å². The number of nitrogens with one attached hydrogen (secondary N) is 2. The maximum absolute atomic E-state index is 10.2. The Hall–Kier alpha value is -1.41. The van der Waals surface area contributed by atoms with Gasteiger partial charge in [-0.1, -0.05) is 12.1 Å². The zero-order chi connectivity index (χ0) is 17.9. The van der Waals surface area contributed by atoms with Crippen molar-refractivity contribution in [3.05, 3.63) is 29.8 Å². The molecule has 25 heavy (non-hydrogen) atoms. The van der Waals surface area contributed by atoms with Crippen LogP contribution in [0.1, 0.15) is 24.5 Å². The minimum Gasteiger partial charge on any atom is -0.494 e. The van der Waals surface area contributed by atoms with Gasteiger partial charge in [0.1, 0.15) is 5.75 Å². The highest BCUT2D eigenvalue weighted by Gasteiger charge is 2.10. The van der Waals surface area contributed by atoms with Gasteiger partial charge in [0, 0.05) is 33.2 Å². The lowest BCUT2D eigenvalue weighted by atomic mass is 10.1. The Morgan fingerprint density at radius 3 is 2.72 bits per heavy atom. The van der Waals surface area contributed by atoms with Gasteiger partial charge in [0.25, 0.3) is 0 Å². The highest BCUT2D eigenvalue weighted by atomic mass is 32.1. The number of aliphatic hydroxyl groups is 1. The van der Waals surface area contributed by atoms with Gasteiger partial charge in [0.15, 0.2) is 5.11 Å². The minimum atomic E-state index is -0.512. The topological polar surface area (TPSA) is 66.0 Å². The van der Waals surface area contributed by atoms with Gasteiger partial charge in [-0.25, -0.2) is 0 Å². The third-order valence-electron chi connectivity index (χ3n) is 4.19. The summed E-state index contributed by atoms with van der Waals surface area (Å²) >= 11 is 5.00. The van der Waals surface area contributed by atoms with Crippen molar-refractivity contribution >= 4 is 17.3 Å². The molecule has 140 valence electrons. The molecule has 0 saturated carbocycles. The number of thiocarbonyl (C=S) groups is 1. The molecule has 2 rings (SSSR count). The van der Waals surface area contributed by atoms with Crippen molar-refractivity contribution in [2.24, 2.45) is 0 Å². The first-order chi connectivity index (χ1) is 12.2. The number of hydrogen-bond donors (Lipinski definition) is 3. The monoisotopic (exact) mass is 367 g/mol.